The minimum atomic E-state index is -0.625. The second kappa shape index (κ2) is 16.3. The number of Topliss-reactive ketones (excluding diaryl/α,β-unsaturated/α-hetero) is 2. The van der Waals surface area contributed by atoms with Gasteiger partial charge in [-0.1, -0.05) is 41.5 Å². The maximum absolute atomic E-state index is 13.8. The third kappa shape index (κ3) is 8.75. The molecule has 0 spiro atoms. The van der Waals surface area contributed by atoms with Gasteiger partial charge in [-0.2, -0.15) is 0 Å². The second-order valence-corrected chi connectivity index (χ2v) is 12.4. The molecular formula is C34H52N4O6. The van der Waals surface area contributed by atoms with Crippen LogP contribution in [0.25, 0.3) is 11.3 Å². The number of hydrogen-bond donors (Lipinski definition) is 0. The number of unbranched alkanes of at least 4 members (excludes halogenated alkanes) is 1. The van der Waals surface area contributed by atoms with Gasteiger partial charge in [0, 0.05) is 68.0 Å². The van der Waals surface area contributed by atoms with Crippen LogP contribution in [0.1, 0.15) is 74.1 Å². The Morgan fingerprint density at radius 3 is 2.32 bits per heavy atom. The molecule has 4 unspecified atom stereocenters. The number of nitrogens with zero attached hydrogens (tertiary/aromatic N) is 4. The molecule has 244 valence electrons. The predicted octanol–water partition coefficient (Wildman–Crippen LogP) is 5.84. The number of carbonyl (C=O) groups is 3. The number of aryl methyl sites for hydroxylation is 1. The van der Waals surface area contributed by atoms with Gasteiger partial charge in [-0.15, -0.1) is 0 Å². The van der Waals surface area contributed by atoms with Crippen molar-refractivity contribution < 1.29 is 28.6 Å². The normalized spacial score (nSPS) is 30.2. The monoisotopic (exact) mass is 612 g/mol. The molecule has 0 aliphatic carbocycles. The zero-order valence-corrected chi connectivity index (χ0v) is 27.8. The molecule has 7 atom stereocenters. The average molecular weight is 613 g/mol. The smallest absolute Gasteiger partial charge is 0.410 e. The van der Waals surface area contributed by atoms with Gasteiger partial charge in [0.05, 0.1) is 36.9 Å². The molecule has 10 heteroatoms. The van der Waals surface area contributed by atoms with Crippen molar-refractivity contribution in [2.75, 3.05) is 26.9 Å². The number of imidazole rings is 1. The fourth-order valence-electron chi connectivity index (χ4n) is 6.57. The summed E-state index contributed by atoms with van der Waals surface area (Å²) >= 11 is 0. The average Bonchev–Trinajstić information content (AvgIpc) is 3.63. The van der Waals surface area contributed by atoms with Crippen LogP contribution in [0.2, 0.25) is 0 Å². The molecule has 2 saturated heterocycles. The van der Waals surface area contributed by atoms with Crippen molar-refractivity contribution in [3.8, 4) is 11.3 Å². The Morgan fingerprint density at radius 1 is 0.977 bits per heavy atom. The van der Waals surface area contributed by atoms with Crippen molar-refractivity contribution >= 4 is 17.7 Å². The first kappa shape index (κ1) is 35.4. The number of carbonyl (C=O) groups excluding carboxylic acids is 3. The lowest BCUT2D eigenvalue weighted by Gasteiger charge is -2.36. The molecule has 2 aromatic rings. The van der Waals surface area contributed by atoms with E-state index in [4.69, 9.17) is 14.2 Å². The summed E-state index contributed by atoms with van der Waals surface area (Å²) < 4.78 is 19.6. The first-order valence-corrected chi connectivity index (χ1v) is 16.1. The van der Waals surface area contributed by atoms with Crippen LogP contribution in [0.4, 0.5) is 4.79 Å². The molecule has 0 N–H and O–H groups in total. The zero-order chi connectivity index (χ0) is 32.4. The van der Waals surface area contributed by atoms with Gasteiger partial charge in [-0.3, -0.25) is 14.6 Å². The van der Waals surface area contributed by atoms with Crippen LogP contribution < -0.4 is 0 Å². The highest BCUT2D eigenvalue weighted by Crippen LogP contribution is 2.34. The third-order valence-electron chi connectivity index (χ3n) is 8.92. The van der Waals surface area contributed by atoms with Crippen LogP contribution in [-0.4, -0.2) is 81.7 Å². The molecule has 4 heterocycles. The molecule has 0 aromatic carbocycles. The highest BCUT2D eigenvalue weighted by atomic mass is 16.6. The number of aromatic nitrogens is 3. The first-order chi connectivity index (χ1) is 21.0. The summed E-state index contributed by atoms with van der Waals surface area (Å²) in [5, 5.41) is 0. The molecule has 2 aromatic heterocycles. The standard InChI is InChI=1S/C32H46N4O6.C2H6/c1-21-14-32(5,40-6)15-22(2)30(38)24(4)28-27(19-41-18-23(3)29(21)37)42-31(39)36(28)13-8-7-12-35-17-26(34-20-35)25-10-9-11-33-16-25;1-2/h9-11,16-17,20-24,27-28H,7-8,12-15,18-19H2,1-6H3;1-2H3/t21-,22-,23?,24?,27?,28?,32+;/m1./s1. The Hall–Kier alpha value is -3.11. The van der Waals surface area contributed by atoms with Gasteiger partial charge in [0.15, 0.2) is 0 Å². The van der Waals surface area contributed by atoms with E-state index in [9.17, 15) is 14.4 Å². The van der Waals surface area contributed by atoms with Crippen molar-refractivity contribution in [1.82, 2.24) is 19.4 Å². The predicted molar refractivity (Wildman–Crippen MR) is 169 cm³/mol. The summed E-state index contributed by atoms with van der Waals surface area (Å²) in [6.45, 7) is 15.2. The zero-order valence-electron chi connectivity index (χ0n) is 27.8. The van der Waals surface area contributed by atoms with Crippen molar-refractivity contribution in [3.63, 3.8) is 0 Å². The first-order valence-electron chi connectivity index (χ1n) is 16.1. The fraction of sp³-hybridized carbons (Fsp3) is 0.676. The largest absolute Gasteiger partial charge is 0.441 e. The van der Waals surface area contributed by atoms with Gasteiger partial charge in [0.2, 0.25) is 0 Å². The summed E-state index contributed by atoms with van der Waals surface area (Å²) in [4.78, 5) is 50.3. The van der Waals surface area contributed by atoms with E-state index in [1.54, 1.807) is 30.7 Å². The molecule has 10 nitrogen and oxygen atoms in total. The summed E-state index contributed by atoms with van der Waals surface area (Å²) in [6, 6.07) is 3.42. The molecular weight excluding hydrogens is 560 g/mol. The SMILES string of the molecule is CC.CO[C@@]1(C)C[C@@H](C)C(=O)C(C)COCC2OC(=O)N(CCCCn3cnc(-c4cccnc4)c3)C2C(C)C(=O)[C@H](C)C1. The van der Waals surface area contributed by atoms with E-state index in [-0.39, 0.29) is 42.5 Å². The Balaban J connectivity index is 0.00000259. The van der Waals surface area contributed by atoms with Gasteiger partial charge < -0.3 is 23.7 Å². The van der Waals surface area contributed by atoms with Gasteiger partial charge in [0.25, 0.3) is 0 Å². The third-order valence-corrected chi connectivity index (χ3v) is 8.92. The fourth-order valence-corrected chi connectivity index (χ4v) is 6.57. The van der Waals surface area contributed by atoms with Gasteiger partial charge in [0.1, 0.15) is 17.7 Å². The lowest BCUT2D eigenvalue weighted by atomic mass is 9.77. The maximum Gasteiger partial charge on any atom is 0.410 e. The highest BCUT2D eigenvalue weighted by Gasteiger charge is 2.48. The van der Waals surface area contributed by atoms with Crippen molar-refractivity contribution in [2.45, 2.75) is 98.4 Å². The van der Waals surface area contributed by atoms with Crippen LogP contribution in [0, 0.1) is 23.7 Å². The lowest BCUT2D eigenvalue weighted by Crippen LogP contribution is -2.48. The summed E-state index contributed by atoms with van der Waals surface area (Å²) in [5.74, 6) is -1.13. The molecule has 2 aliphatic rings. The molecule has 44 heavy (non-hydrogen) atoms. The van der Waals surface area contributed by atoms with Crippen molar-refractivity contribution in [3.05, 3.63) is 37.1 Å². The number of hydrogen-bond acceptors (Lipinski definition) is 8. The minimum Gasteiger partial charge on any atom is -0.441 e. The van der Waals surface area contributed by atoms with E-state index in [1.807, 2.05) is 71.4 Å². The highest BCUT2D eigenvalue weighted by molar-refractivity contribution is 5.85. The van der Waals surface area contributed by atoms with Gasteiger partial charge >= 0.3 is 6.09 Å². The Morgan fingerprint density at radius 2 is 1.66 bits per heavy atom. The van der Waals surface area contributed by atoms with Crippen LogP contribution in [0.3, 0.4) is 0 Å². The number of ether oxygens (including phenoxy) is 3. The molecule has 2 fully saturated rings. The van der Waals surface area contributed by atoms with Crippen LogP contribution in [-0.2, 0) is 30.3 Å². The van der Waals surface area contributed by atoms with E-state index in [2.05, 4.69) is 9.97 Å². The summed E-state index contributed by atoms with van der Waals surface area (Å²) in [6.07, 6.45) is 8.89. The van der Waals surface area contributed by atoms with E-state index in [0.29, 0.717) is 19.4 Å². The molecule has 1 amide bonds. The molecule has 0 bridgehead atoms. The second-order valence-electron chi connectivity index (χ2n) is 12.4. The Labute approximate surface area is 262 Å². The van der Waals surface area contributed by atoms with Gasteiger partial charge in [-0.05, 0) is 44.7 Å². The molecule has 2 aliphatic heterocycles. The van der Waals surface area contributed by atoms with E-state index in [0.717, 1.165) is 30.6 Å². The topological polar surface area (TPSA) is 113 Å². The molecule has 4 rings (SSSR count). The van der Waals surface area contributed by atoms with Crippen molar-refractivity contribution in [2.24, 2.45) is 23.7 Å². The Bertz CT molecular complexity index is 1220. The van der Waals surface area contributed by atoms with Crippen molar-refractivity contribution in [1.29, 1.82) is 0 Å². The number of pyridine rings is 1. The summed E-state index contributed by atoms with van der Waals surface area (Å²) in [7, 11) is 1.64. The van der Waals surface area contributed by atoms with Crippen LogP contribution in [0.5, 0.6) is 0 Å². The minimum absolute atomic E-state index is 0.0577. The number of ketones is 2. The molecule has 0 saturated carbocycles. The summed E-state index contributed by atoms with van der Waals surface area (Å²) in [5.41, 5.74) is 1.20. The number of fused-ring (bicyclic) bond motifs is 1. The van der Waals surface area contributed by atoms with E-state index in [1.165, 1.54) is 0 Å². The Kier molecular flexibility index (Phi) is 13.1. The number of rotatable bonds is 7. The maximum atomic E-state index is 13.8. The lowest BCUT2D eigenvalue weighted by molar-refractivity contribution is -0.135. The van der Waals surface area contributed by atoms with E-state index >= 15 is 0 Å². The quantitative estimate of drug-likeness (QED) is 0.359. The van der Waals surface area contributed by atoms with Gasteiger partial charge in [-0.25, -0.2) is 9.78 Å². The number of methoxy groups -OCH3 is 1. The molecule has 0 radical (unpaired) electrons. The van der Waals surface area contributed by atoms with Crippen LogP contribution in [0.15, 0.2) is 37.1 Å². The van der Waals surface area contributed by atoms with E-state index < -0.39 is 29.8 Å². The number of amides is 1. The van der Waals surface area contributed by atoms with Crippen LogP contribution >= 0.6 is 0 Å².